The lowest BCUT2D eigenvalue weighted by Gasteiger charge is -2.11. The van der Waals surface area contributed by atoms with Crippen molar-refractivity contribution in [1.82, 2.24) is 4.98 Å². The zero-order valence-electron chi connectivity index (χ0n) is 10.2. The summed E-state index contributed by atoms with van der Waals surface area (Å²) < 4.78 is 0. The Morgan fingerprint density at radius 2 is 2.21 bits per heavy atom. The van der Waals surface area contributed by atoms with E-state index in [1.54, 1.807) is 24.0 Å². The number of benzene rings is 1. The van der Waals surface area contributed by atoms with Gasteiger partial charge in [0.05, 0.1) is 22.8 Å². The third-order valence-electron chi connectivity index (χ3n) is 3.05. The number of thioether (sulfide) groups is 1. The van der Waals surface area contributed by atoms with Crippen LogP contribution in [-0.2, 0) is 11.2 Å². The van der Waals surface area contributed by atoms with Gasteiger partial charge in [0.1, 0.15) is 0 Å². The molecule has 2 aromatic rings. The van der Waals surface area contributed by atoms with Crippen molar-refractivity contribution < 1.29 is 4.79 Å². The van der Waals surface area contributed by atoms with E-state index >= 15 is 0 Å². The molecule has 0 saturated heterocycles. The molecule has 1 aromatic carbocycles. The lowest BCUT2D eigenvalue weighted by Crippen LogP contribution is -2.25. The summed E-state index contributed by atoms with van der Waals surface area (Å²) in [5.41, 5.74) is 8.10. The number of nitrogen functional groups attached to an aromatic ring is 1. The van der Waals surface area contributed by atoms with Gasteiger partial charge >= 0.3 is 0 Å². The first-order valence-electron chi connectivity index (χ1n) is 5.99. The molecule has 0 fully saturated rings. The molecule has 0 saturated carbocycles. The number of hydrogen-bond acceptors (Lipinski definition) is 4. The minimum absolute atomic E-state index is 0.0147. The lowest BCUT2D eigenvalue weighted by atomic mass is 10.1. The predicted octanol–water partition coefficient (Wildman–Crippen LogP) is 2.32. The van der Waals surface area contributed by atoms with E-state index in [0.717, 1.165) is 6.42 Å². The zero-order chi connectivity index (χ0) is 13.2. The van der Waals surface area contributed by atoms with Gasteiger partial charge < -0.3 is 11.1 Å². The number of anilines is 2. The highest BCUT2D eigenvalue weighted by atomic mass is 32.2. The Kier molecular flexibility index (Phi) is 3.13. The molecule has 3 N–H and O–H groups in total. The van der Waals surface area contributed by atoms with E-state index in [2.05, 4.69) is 16.4 Å². The lowest BCUT2D eigenvalue weighted by molar-refractivity contribution is -0.115. The number of nitrogens with one attached hydrogen (secondary N) is 1. The fourth-order valence-corrected chi connectivity index (χ4v) is 3.26. The minimum Gasteiger partial charge on any atom is -0.396 e. The van der Waals surface area contributed by atoms with Crippen molar-refractivity contribution in [3.05, 3.63) is 48.3 Å². The highest BCUT2D eigenvalue weighted by Gasteiger charge is 2.28. The molecule has 0 spiro atoms. The maximum atomic E-state index is 12.2. The summed E-state index contributed by atoms with van der Waals surface area (Å²) in [6.45, 7) is 0. The molecule has 96 valence electrons. The molecule has 4 nitrogen and oxygen atoms in total. The van der Waals surface area contributed by atoms with Gasteiger partial charge in [0.2, 0.25) is 5.91 Å². The Morgan fingerprint density at radius 3 is 3.00 bits per heavy atom. The van der Waals surface area contributed by atoms with Crippen molar-refractivity contribution >= 4 is 29.0 Å². The molecule has 1 aromatic heterocycles. The molecule has 5 heteroatoms. The maximum absolute atomic E-state index is 12.2. The van der Waals surface area contributed by atoms with Crippen LogP contribution in [0.25, 0.3) is 0 Å². The van der Waals surface area contributed by atoms with Crippen LogP contribution in [0.3, 0.4) is 0 Å². The average Bonchev–Trinajstić information content (AvgIpc) is 2.85. The fraction of sp³-hybridized carbons (Fsp3) is 0.143. The molecular formula is C14H13N3OS. The van der Waals surface area contributed by atoms with E-state index in [1.165, 1.54) is 16.7 Å². The number of nitrogens with zero attached hydrogens (tertiary/aromatic N) is 1. The van der Waals surface area contributed by atoms with Crippen molar-refractivity contribution in [2.45, 2.75) is 16.6 Å². The molecule has 1 amide bonds. The summed E-state index contributed by atoms with van der Waals surface area (Å²) in [7, 11) is 0. The molecule has 0 aliphatic carbocycles. The average molecular weight is 271 g/mol. The van der Waals surface area contributed by atoms with E-state index in [-0.39, 0.29) is 11.2 Å². The van der Waals surface area contributed by atoms with Gasteiger partial charge in [-0.1, -0.05) is 18.2 Å². The molecule has 0 radical (unpaired) electrons. The Hall–Kier alpha value is -2.01. The summed E-state index contributed by atoms with van der Waals surface area (Å²) >= 11 is 1.60. The van der Waals surface area contributed by atoms with E-state index in [1.807, 2.05) is 18.2 Å². The highest BCUT2D eigenvalue weighted by molar-refractivity contribution is 8.01. The van der Waals surface area contributed by atoms with Crippen molar-refractivity contribution in [2.75, 3.05) is 11.1 Å². The first-order valence-corrected chi connectivity index (χ1v) is 6.87. The SMILES string of the molecule is Nc1cnccc1NC(=O)C1Cc2ccccc2S1. The molecule has 1 unspecified atom stereocenters. The molecule has 1 atom stereocenters. The smallest absolute Gasteiger partial charge is 0.238 e. The number of nitrogens with two attached hydrogens (primary N) is 1. The summed E-state index contributed by atoms with van der Waals surface area (Å²) in [4.78, 5) is 17.3. The first kappa shape index (κ1) is 12.0. The summed E-state index contributed by atoms with van der Waals surface area (Å²) in [5.74, 6) is -0.0147. The van der Waals surface area contributed by atoms with Gasteiger partial charge in [-0.25, -0.2) is 0 Å². The number of amides is 1. The van der Waals surface area contributed by atoms with Gasteiger partial charge in [-0.2, -0.15) is 0 Å². The van der Waals surface area contributed by atoms with E-state index in [9.17, 15) is 4.79 Å². The normalized spacial score (nSPS) is 16.9. The number of pyridine rings is 1. The predicted molar refractivity (Wildman–Crippen MR) is 77.1 cm³/mol. The van der Waals surface area contributed by atoms with Gasteiger partial charge in [-0.3, -0.25) is 9.78 Å². The van der Waals surface area contributed by atoms with Crippen LogP contribution in [0.1, 0.15) is 5.56 Å². The van der Waals surface area contributed by atoms with Crippen LogP contribution in [0.5, 0.6) is 0 Å². The number of carbonyl (C=O) groups excluding carboxylic acids is 1. The standard InChI is InChI=1S/C14H13N3OS/c15-10-8-16-6-5-11(10)17-14(18)13-7-9-3-1-2-4-12(9)19-13/h1-6,8,13H,7,15H2,(H,16,17,18). The van der Waals surface area contributed by atoms with Crippen molar-refractivity contribution in [3.63, 3.8) is 0 Å². The van der Waals surface area contributed by atoms with Crippen LogP contribution in [0.2, 0.25) is 0 Å². The third-order valence-corrected chi connectivity index (χ3v) is 4.37. The van der Waals surface area contributed by atoms with E-state index < -0.39 is 0 Å². The van der Waals surface area contributed by atoms with Crippen molar-refractivity contribution in [3.8, 4) is 0 Å². The van der Waals surface area contributed by atoms with Crippen molar-refractivity contribution in [2.24, 2.45) is 0 Å². The number of fused-ring (bicyclic) bond motifs is 1. The quantitative estimate of drug-likeness (QED) is 0.879. The van der Waals surface area contributed by atoms with Gasteiger partial charge in [-0.15, -0.1) is 11.8 Å². The fourth-order valence-electron chi connectivity index (χ4n) is 2.06. The van der Waals surface area contributed by atoms with Crippen LogP contribution in [0.4, 0.5) is 11.4 Å². The molecular weight excluding hydrogens is 258 g/mol. The Morgan fingerprint density at radius 1 is 1.37 bits per heavy atom. The Bertz CT molecular complexity index is 605. The second-order valence-corrected chi connectivity index (χ2v) is 5.62. The van der Waals surface area contributed by atoms with Crippen LogP contribution in [0, 0.1) is 0 Å². The highest BCUT2D eigenvalue weighted by Crippen LogP contribution is 2.37. The molecule has 2 heterocycles. The third kappa shape index (κ3) is 2.42. The molecule has 1 aliphatic rings. The number of aromatic nitrogens is 1. The molecule has 3 rings (SSSR count). The van der Waals surface area contributed by atoms with Crippen LogP contribution in [-0.4, -0.2) is 16.1 Å². The monoisotopic (exact) mass is 271 g/mol. The van der Waals surface area contributed by atoms with Crippen molar-refractivity contribution in [1.29, 1.82) is 0 Å². The Balaban J connectivity index is 1.72. The topological polar surface area (TPSA) is 68.0 Å². The van der Waals surface area contributed by atoms with Crippen LogP contribution in [0.15, 0.2) is 47.6 Å². The van der Waals surface area contributed by atoms with E-state index in [4.69, 9.17) is 5.73 Å². The van der Waals surface area contributed by atoms with E-state index in [0.29, 0.717) is 11.4 Å². The Labute approximate surface area is 115 Å². The zero-order valence-corrected chi connectivity index (χ0v) is 11.0. The number of hydrogen-bond donors (Lipinski definition) is 2. The second kappa shape index (κ2) is 4.93. The summed E-state index contributed by atoms with van der Waals surface area (Å²) in [6.07, 6.45) is 3.91. The van der Waals surface area contributed by atoms with Gasteiger partial charge in [0, 0.05) is 11.1 Å². The molecule has 19 heavy (non-hydrogen) atoms. The van der Waals surface area contributed by atoms with Crippen LogP contribution < -0.4 is 11.1 Å². The molecule has 1 aliphatic heterocycles. The number of carbonyl (C=O) groups is 1. The summed E-state index contributed by atoms with van der Waals surface area (Å²) in [5, 5.41) is 2.77. The van der Waals surface area contributed by atoms with Gasteiger partial charge in [-0.05, 0) is 24.1 Å². The largest absolute Gasteiger partial charge is 0.396 e. The first-order chi connectivity index (χ1) is 9.24. The minimum atomic E-state index is -0.0926. The maximum Gasteiger partial charge on any atom is 0.238 e. The second-order valence-electron chi connectivity index (χ2n) is 4.37. The summed E-state index contributed by atoms with van der Waals surface area (Å²) in [6, 6.07) is 9.82. The molecule has 0 bridgehead atoms. The van der Waals surface area contributed by atoms with Crippen LogP contribution >= 0.6 is 11.8 Å². The van der Waals surface area contributed by atoms with Gasteiger partial charge in [0.25, 0.3) is 0 Å². The number of rotatable bonds is 2. The van der Waals surface area contributed by atoms with Gasteiger partial charge in [0.15, 0.2) is 0 Å².